The highest BCUT2D eigenvalue weighted by Crippen LogP contribution is 2.12. The number of carbonyl (C=O) groups excluding carboxylic acids is 2. The Labute approximate surface area is 158 Å². The number of nitrogens with one attached hydrogen (secondary N) is 2. The summed E-state index contributed by atoms with van der Waals surface area (Å²) < 4.78 is 32.2. The summed E-state index contributed by atoms with van der Waals surface area (Å²) in [7, 11) is -2.71. The van der Waals surface area contributed by atoms with Crippen LogP contribution in [0.5, 0.6) is 0 Å². The third kappa shape index (κ3) is 6.19. The van der Waals surface area contributed by atoms with Gasteiger partial charge in [0.15, 0.2) is 0 Å². The first-order chi connectivity index (χ1) is 12.8. The van der Waals surface area contributed by atoms with Gasteiger partial charge in [-0.05, 0) is 31.0 Å². The average molecular weight is 390 g/mol. The maximum atomic E-state index is 12.7. The number of sulfonamides is 1. The van der Waals surface area contributed by atoms with Crippen LogP contribution in [0, 0.1) is 6.92 Å². The van der Waals surface area contributed by atoms with Crippen LogP contribution < -0.4 is 10.0 Å². The molecule has 1 atom stereocenters. The second-order valence-corrected chi connectivity index (χ2v) is 7.68. The van der Waals surface area contributed by atoms with Crippen LogP contribution in [0.3, 0.4) is 0 Å². The van der Waals surface area contributed by atoms with E-state index in [4.69, 9.17) is 0 Å². The van der Waals surface area contributed by atoms with E-state index < -0.39 is 27.9 Å². The zero-order chi connectivity index (χ0) is 19.9. The number of amides is 1. The molecule has 0 unspecified atom stereocenters. The van der Waals surface area contributed by atoms with Gasteiger partial charge < -0.3 is 10.1 Å². The zero-order valence-electron chi connectivity index (χ0n) is 15.1. The highest BCUT2D eigenvalue weighted by atomic mass is 32.2. The van der Waals surface area contributed by atoms with E-state index >= 15 is 0 Å². The molecule has 2 rings (SSSR count). The smallest absolute Gasteiger partial charge is 0.325 e. The van der Waals surface area contributed by atoms with E-state index in [1.54, 1.807) is 36.4 Å². The molecule has 1 amide bonds. The van der Waals surface area contributed by atoms with Gasteiger partial charge in [-0.1, -0.05) is 48.0 Å². The van der Waals surface area contributed by atoms with Crippen LogP contribution in [0.25, 0.3) is 0 Å². The van der Waals surface area contributed by atoms with Gasteiger partial charge in [-0.3, -0.25) is 9.59 Å². The van der Waals surface area contributed by atoms with E-state index in [2.05, 4.69) is 14.8 Å². The van der Waals surface area contributed by atoms with Crippen LogP contribution >= 0.6 is 0 Å². The Bertz CT molecular complexity index is 880. The number of hydrogen-bond donors (Lipinski definition) is 2. The van der Waals surface area contributed by atoms with E-state index in [1.165, 1.54) is 19.2 Å². The number of rotatable bonds is 8. The van der Waals surface area contributed by atoms with Crippen LogP contribution in [0.2, 0.25) is 0 Å². The van der Waals surface area contributed by atoms with Crippen LogP contribution in [-0.4, -0.2) is 40.0 Å². The van der Waals surface area contributed by atoms with Gasteiger partial charge in [-0.2, -0.15) is 4.72 Å². The third-order valence-electron chi connectivity index (χ3n) is 3.86. The van der Waals surface area contributed by atoms with Gasteiger partial charge in [-0.25, -0.2) is 8.42 Å². The van der Waals surface area contributed by atoms with Crippen LogP contribution in [0.4, 0.5) is 0 Å². The van der Waals surface area contributed by atoms with E-state index in [1.807, 2.05) is 13.0 Å². The second-order valence-electron chi connectivity index (χ2n) is 5.97. The SMILES string of the molecule is COC(=O)CNC(=O)[C@H](Cc1ccccc1)NS(=O)(=O)c1ccc(C)cc1. The maximum Gasteiger partial charge on any atom is 0.325 e. The van der Waals surface area contributed by atoms with Gasteiger partial charge in [0, 0.05) is 0 Å². The molecule has 0 aromatic heterocycles. The Morgan fingerprint density at radius 3 is 2.26 bits per heavy atom. The van der Waals surface area contributed by atoms with E-state index in [-0.39, 0.29) is 17.9 Å². The number of methoxy groups -OCH3 is 1. The van der Waals surface area contributed by atoms with Crippen molar-refractivity contribution >= 4 is 21.9 Å². The standard InChI is InChI=1S/C19H22N2O5S/c1-14-8-10-16(11-9-14)27(24,25)21-17(12-15-6-4-3-5-7-15)19(23)20-13-18(22)26-2/h3-11,17,21H,12-13H2,1-2H3,(H,20,23)/t17-/m0/s1. The van der Waals surface area contributed by atoms with Crippen molar-refractivity contribution in [3.05, 3.63) is 65.7 Å². The Morgan fingerprint density at radius 1 is 1.04 bits per heavy atom. The molecule has 2 aromatic rings. The minimum atomic E-state index is -3.91. The normalized spacial score (nSPS) is 12.2. The quantitative estimate of drug-likeness (QED) is 0.659. The highest BCUT2D eigenvalue weighted by molar-refractivity contribution is 7.89. The number of hydrogen-bond acceptors (Lipinski definition) is 5. The molecule has 2 N–H and O–H groups in total. The lowest BCUT2D eigenvalue weighted by atomic mass is 10.1. The van der Waals surface area contributed by atoms with E-state index in [0.29, 0.717) is 0 Å². The molecule has 0 aliphatic heterocycles. The number of aryl methyl sites for hydroxylation is 1. The van der Waals surface area contributed by atoms with Crippen LogP contribution in [-0.2, 0) is 30.8 Å². The zero-order valence-corrected chi connectivity index (χ0v) is 16.0. The molecule has 0 heterocycles. The van der Waals surface area contributed by atoms with Crippen molar-refractivity contribution in [3.63, 3.8) is 0 Å². The lowest BCUT2D eigenvalue weighted by molar-refractivity contribution is -0.141. The molecule has 0 spiro atoms. The molecular formula is C19H22N2O5S. The molecule has 0 radical (unpaired) electrons. The number of ether oxygens (including phenoxy) is 1. The fraction of sp³-hybridized carbons (Fsp3) is 0.263. The highest BCUT2D eigenvalue weighted by Gasteiger charge is 2.26. The molecule has 0 saturated heterocycles. The first-order valence-corrected chi connectivity index (χ1v) is 9.77. The van der Waals surface area contributed by atoms with Crippen molar-refractivity contribution < 1.29 is 22.7 Å². The number of benzene rings is 2. The Kier molecular flexibility index (Phi) is 7.09. The summed E-state index contributed by atoms with van der Waals surface area (Å²) in [5.74, 6) is -1.23. The van der Waals surface area contributed by atoms with E-state index in [9.17, 15) is 18.0 Å². The largest absolute Gasteiger partial charge is 0.468 e. The molecule has 144 valence electrons. The summed E-state index contributed by atoms with van der Waals surface area (Å²) in [5, 5.41) is 2.40. The van der Waals surface area contributed by atoms with Crippen LogP contribution in [0.1, 0.15) is 11.1 Å². The van der Waals surface area contributed by atoms with Gasteiger partial charge in [0.05, 0.1) is 12.0 Å². The van der Waals surface area contributed by atoms with Gasteiger partial charge in [-0.15, -0.1) is 0 Å². The minimum Gasteiger partial charge on any atom is -0.468 e. The summed E-state index contributed by atoms with van der Waals surface area (Å²) in [6.45, 7) is 1.51. The summed E-state index contributed by atoms with van der Waals surface area (Å²) in [4.78, 5) is 23.8. The predicted octanol–water partition coefficient (Wildman–Crippen LogP) is 1.17. The van der Waals surface area contributed by atoms with Crippen molar-refractivity contribution in [3.8, 4) is 0 Å². The minimum absolute atomic E-state index is 0.0620. The second kappa shape index (κ2) is 9.29. The van der Waals surface area contributed by atoms with Crippen molar-refractivity contribution in [2.45, 2.75) is 24.3 Å². The van der Waals surface area contributed by atoms with Gasteiger partial charge >= 0.3 is 5.97 Å². The lowest BCUT2D eigenvalue weighted by Gasteiger charge is -2.18. The molecule has 0 fully saturated rings. The van der Waals surface area contributed by atoms with Gasteiger partial charge in [0.25, 0.3) is 0 Å². The molecule has 27 heavy (non-hydrogen) atoms. The van der Waals surface area contributed by atoms with E-state index in [0.717, 1.165) is 11.1 Å². The molecule has 0 saturated carbocycles. The molecule has 0 bridgehead atoms. The third-order valence-corrected chi connectivity index (χ3v) is 5.35. The molecule has 7 nitrogen and oxygen atoms in total. The van der Waals surface area contributed by atoms with Gasteiger partial charge in [0.2, 0.25) is 15.9 Å². The fourth-order valence-corrected chi connectivity index (χ4v) is 3.56. The fourth-order valence-electron chi connectivity index (χ4n) is 2.37. The summed E-state index contributed by atoms with van der Waals surface area (Å²) in [6.07, 6.45) is 0.138. The number of carbonyl (C=O) groups is 2. The van der Waals surface area contributed by atoms with Crippen molar-refractivity contribution in [2.24, 2.45) is 0 Å². The molecule has 0 aliphatic rings. The molecule has 0 aliphatic carbocycles. The summed E-state index contributed by atoms with van der Waals surface area (Å²) in [5.41, 5.74) is 1.70. The molecular weight excluding hydrogens is 368 g/mol. The lowest BCUT2D eigenvalue weighted by Crippen LogP contribution is -2.49. The molecule has 2 aromatic carbocycles. The van der Waals surface area contributed by atoms with Crippen molar-refractivity contribution in [2.75, 3.05) is 13.7 Å². The van der Waals surface area contributed by atoms with Crippen molar-refractivity contribution in [1.29, 1.82) is 0 Å². The first-order valence-electron chi connectivity index (χ1n) is 8.29. The van der Waals surface area contributed by atoms with Crippen molar-refractivity contribution in [1.82, 2.24) is 10.0 Å². The maximum absolute atomic E-state index is 12.7. The summed E-state index contributed by atoms with van der Waals surface area (Å²) >= 11 is 0. The average Bonchev–Trinajstić information content (AvgIpc) is 2.66. The summed E-state index contributed by atoms with van der Waals surface area (Å²) in [6, 6.07) is 14.2. The van der Waals surface area contributed by atoms with Gasteiger partial charge in [0.1, 0.15) is 12.6 Å². The Morgan fingerprint density at radius 2 is 1.67 bits per heavy atom. The molecule has 8 heteroatoms. The Balaban J connectivity index is 2.21. The topological polar surface area (TPSA) is 102 Å². The van der Waals surface area contributed by atoms with Crippen LogP contribution in [0.15, 0.2) is 59.5 Å². The number of esters is 1. The predicted molar refractivity (Wildman–Crippen MR) is 100 cm³/mol. The monoisotopic (exact) mass is 390 g/mol. The Hall–Kier alpha value is -2.71. The first kappa shape index (κ1) is 20.6.